The third kappa shape index (κ3) is 14.5. The number of amides is 1. The average Bonchev–Trinajstić information content (AvgIpc) is 2.32. The average molecular weight is 294 g/mol. The molecule has 2 N–H and O–H groups in total. The fraction of sp³-hybridized carbons (Fsp3) is 0.714. The standard InChI is InChI=1S/C14H25NO3.K/c1-3-4-5-6-7-8-9-10-11-13(16)15-12(2)14(17)18;/h3,12H,1,4-11H2,2H3,(H,15,16)(H,17,18);/t12-;/m0./s1. The molecule has 0 bridgehead atoms. The number of hydrogen-bond acceptors (Lipinski definition) is 2. The van der Waals surface area contributed by atoms with Crippen LogP contribution in [0, 0.1) is 0 Å². The summed E-state index contributed by atoms with van der Waals surface area (Å²) in [6.45, 7) is 5.15. The molecule has 0 aromatic carbocycles. The van der Waals surface area contributed by atoms with Gasteiger partial charge in [0.25, 0.3) is 0 Å². The minimum atomic E-state index is -0.995. The van der Waals surface area contributed by atoms with Gasteiger partial charge in [-0.1, -0.05) is 31.8 Å². The molecule has 0 aliphatic carbocycles. The first-order valence-electron chi connectivity index (χ1n) is 6.71. The quantitative estimate of drug-likeness (QED) is 0.349. The van der Waals surface area contributed by atoms with Crippen LogP contribution in [0.1, 0.15) is 58.3 Å². The SMILES string of the molecule is C=CCCCCCCCCC(=O)N[C@@H](C)C(=O)O.[K]. The van der Waals surface area contributed by atoms with E-state index < -0.39 is 12.0 Å². The zero-order chi connectivity index (χ0) is 13.8. The summed E-state index contributed by atoms with van der Waals surface area (Å²) in [5.41, 5.74) is 0. The molecule has 1 radical (unpaired) electrons. The number of carboxylic acid groups (broad SMARTS) is 1. The predicted octanol–water partition coefficient (Wildman–Crippen LogP) is 2.50. The minimum Gasteiger partial charge on any atom is -0.480 e. The normalized spacial score (nSPS) is 11.2. The number of nitrogens with one attached hydrogen (secondary N) is 1. The van der Waals surface area contributed by atoms with E-state index in [0.29, 0.717) is 6.42 Å². The molecule has 0 saturated heterocycles. The molecule has 0 saturated carbocycles. The Morgan fingerprint density at radius 3 is 2.21 bits per heavy atom. The largest absolute Gasteiger partial charge is 0.480 e. The van der Waals surface area contributed by atoms with Gasteiger partial charge < -0.3 is 10.4 Å². The molecule has 0 aromatic heterocycles. The molecule has 5 heteroatoms. The van der Waals surface area contributed by atoms with Crippen molar-refractivity contribution in [2.24, 2.45) is 0 Å². The molecule has 0 fully saturated rings. The fourth-order valence-electron chi connectivity index (χ4n) is 1.66. The molecule has 1 amide bonds. The van der Waals surface area contributed by atoms with Gasteiger partial charge in [-0.25, -0.2) is 0 Å². The van der Waals surface area contributed by atoms with E-state index in [-0.39, 0.29) is 57.3 Å². The summed E-state index contributed by atoms with van der Waals surface area (Å²) < 4.78 is 0. The fourth-order valence-corrected chi connectivity index (χ4v) is 1.66. The van der Waals surface area contributed by atoms with Gasteiger partial charge in [-0.15, -0.1) is 6.58 Å². The van der Waals surface area contributed by atoms with Crippen LogP contribution >= 0.6 is 0 Å². The number of allylic oxidation sites excluding steroid dienone is 1. The van der Waals surface area contributed by atoms with Crippen LogP contribution in [-0.4, -0.2) is 74.4 Å². The molecular weight excluding hydrogens is 269 g/mol. The zero-order valence-electron chi connectivity index (χ0n) is 12.3. The van der Waals surface area contributed by atoms with E-state index in [9.17, 15) is 9.59 Å². The molecule has 4 nitrogen and oxygen atoms in total. The van der Waals surface area contributed by atoms with E-state index in [1.807, 2.05) is 6.08 Å². The Morgan fingerprint density at radius 2 is 1.68 bits per heavy atom. The van der Waals surface area contributed by atoms with E-state index in [1.165, 1.54) is 26.2 Å². The monoisotopic (exact) mass is 294 g/mol. The molecular formula is C14H25KNO3. The Kier molecular flexibility index (Phi) is 16.7. The summed E-state index contributed by atoms with van der Waals surface area (Å²) in [4.78, 5) is 21.9. The number of hydrogen-bond donors (Lipinski definition) is 2. The van der Waals surface area contributed by atoms with Gasteiger partial charge in [-0.3, -0.25) is 9.59 Å². The molecule has 19 heavy (non-hydrogen) atoms. The van der Waals surface area contributed by atoms with Crippen LogP contribution in [0.4, 0.5) is 0 Å². The smallest absolute Gasteiger partial charge is 0.325 e. The van der Waals surface area contributed by atoms with Gasteiger partial charge in [-0.2, -0.15) is 0 Å². The number of aliphatic carboxylic acids is 1. The molecule has 0 aromatic rings. The Bertz CT molecular complexity index is 269. The minimum absolute atomic E-state index is 0. The van der Waals surface area contributed by atoms with Crippen LogP contribution in [0.25, 0.3) is 0 Å². The summed E-state index contributed by atoms with van der Waals surface area (Å²) in [5.74, 6) is -1.16. The first kappa shape index (κ1) is 21.6. The van der Waals surface area contributed by atoms with E-state index in [4.69, 9.17) is 5.11 Å². The van der Waals surface area contributed by atoms with Crippen molar-refractivity contribution in [3.63, 3.8) is 0 Å². The van der Waals surface area contributed by atoms with E-state index in [2.05, 4.69) is 11.9 Å². The molecule has 0 aliphatic rings. The van der Waals surface area contributed by atoms with Crippen molar-refractivity contribution in [2.75, 3.05) is 0 Å². The summed E-state index contributed by atoms with van der Waals surface area (Å²) >= 11 is 0. The van der Waals surface area contributed by atoms with Gasteiger partial charge in [0.1, 0.15) is 6.04 Å². The molecule has 0 heterocycles. The summed E-state index contributed by atoms with van der Waals surface area (Å²) in [7, 11) is 0. The van der Waals surface area contributed by atoms with Crippen LogP contribution in [-0.2, 0) is 9.59 Å². The van der Waals surface area contributed by atoms with Crippen molar-refractivity contribution in [1.29, 1.82) is 0 Å². The Balaban J connectivity index is 0. The van der Waals surface area contributed by atoms with Crippen molar-refractivity contribution in [3.05, 3.63) is 12.7 Å². The number of carbonyl (C=O) groups is 2. The van der Waals surface area contributed by atoms with Crippen molar-refractivity contribution in [3.8, 4) is 0 Å². The van der Waals surface area contributed by atoms with Crippen molar-refractivity contribution in [2.45, 2.75) is 64.3 Å². The van der Waals surface area contributed by atoms with Gasteiger partial charge in [0.15, 0.2) is 0 Å². The maximum absolute atomic E-state index is 11.3. The molecule has 105 valence electrons. The van der Waals surface area contributed by atoms with Gasteiger partial charge in [0.2, 0.25) is 5.91 Å². The van der Waals surface area contributed by atoms with Crippen LogP contribution in [0.15, 0.2) is 12.7 Å². The molecule has 0 rings (SSSR count). The second kappa shape index (κ2) is 14.7. The molecule has 0 aliphatic heterocycles. The zero-order valence-corrected chi connectivity index (χ0v) is 15.4. The predicted molar refractivity (Wildman–Crippen MR) is 78.1 cm³/mol. The van der Waals surface area contributed by atoms with Crippen LogP contribution in [0.3, 0.4) is 0 Å². The van der Waals surface area contributed by atoms with Gasteiger partial charge in [0, 0.05) is 57.8 Å². The topological polar surface area (TPSA) is 66.4 Å². The third-order valence-corrected chi connectivity index (χ3v) is 2.81. The third-order valence-electron chi connectivity index (χ3n) is 2.81. The summed E-state index contributed by atoms with van der Waals surface area (Å²) in [6.07, 6.45) is 10.0. The van der Waals surface area contributed by atoms with Crippen molar-refractivity contribution in [1.82, 2.24) is 5.32 Å². The van der Waals surface area contributed by atoms with Gasteiger partial charge >= 0.3 is 5.97 Å². The summed E-state index contributed by atoms with van der Waals surface area (Å²) in [6, 6.07) is -0.795. The second-order valence-electron chi connectivity index (χ2n) is 4.58. The summed E-state index contributed by atoms with van der Waals surface area (Å²) in [5, 5.41) is 11.1. The van der Waals surface area contributed by atoms with Crippen LogP contribution in [0.5, 0.6) is 0 Å². The number of carboxylic acids is 1. The Labute approximate surface area is 158 Å². The Morgan fingerprint density at radius 1 is 1.16 bits per heavy atom. The van der Waals surface area contributed by atoms with E-state index in [1.54, 1.807) is 0 Å². The molecule has 0 spiro atoms. The first-order valence-corrected chi connectivity index (χ1v) is 6.71. The van der Waals surface area contributed by atoms with Crippen LogP contribution in [0.2, 0.25) is 0 Å². The van der Waals surface area contributed by atoms with Gasteiger partial charge in [-0.05, 0) is 26.2 Å². The van der Waals surface area contributed by atoms with Crippen LogP contribution < -0.4 is 5.32 Å². The first-order chi connectivity index (χ1) is 8.57. The van der Waals surface area contributed by atoms with E-state index in [0.717, 1.165) is 25.7 Å². The maximum atomic E-state index is 11.3. The number of unbranched alkanes of at least 4 members (excludes halogenated alkanes) is 6. The maximum Gasteiger partial charge on any atom is 0.325 e. The van der Waals surface area contributed by atoms with Crippen molar-refractivity contribution < 1.29 is 14.7 Å². The van der Waals surface area contributed by atoms with Crippen molar-refractivity contribution >= 4 is 63.3 Å². The second-order valence-corrected chi connectivity index (χ2v) is 4.58. The Hall–Kier alpha value is 0.316. The van der Waals surface area contributed by atoms with E-state index >= 15 is 0 Å². The number of carbonyl (C=O) groups excluding carboxylic acids is 1. The number of rotatable bonds is 11. The molecule has 1 atom stereocenters. The molecule has 0 unspecified atom stereocenters. The van der Waals surface area contributed by atoms with Gasteiger partial charge in [0.05, 0.1) is 0 Å².